The first-order chi connectivity index (χ1) is 11.7. The number of hydrogen-bond acceptors (Lipinski definition) is 4. The summed E-state index contributed by atoms with van der Waals surface area (Å²) in [6.45, 7) is 6.03. The van der Waals surface area contributed by atoms with E-state index in [9.17, 15) is 5.11 Å². The van der Waals surface area contributed by atoms with E-state index in [-0.39, 0.29) is 6.17 Å². The van der Waals surface area contributed by atoms with Crippen LogP contribution >= 0.6 is 11.6 Å². The van der Waals surface area contributed by atoms with E-state index in [1.165, 1.54) is 0 Å². The van der Waals surface area contributed by atoms with Gasteiger partial charge in [-0.1, -0.05) is 23.7 Å². The molecule has 2 aromatic rings. The first-order valence-corrected chi connectivity index (χ1v) is 8.61. The van der Waals surface area contributed by atoms with E-state index >= 15 is 0 Å². The van der Waals surface area contributed by atoms with Crippen molar-refractivity contribution in [1.82, 2.24) is 14.7 Å². The highest BCUT2D eigenvalue weighted by Gasteiger charge is 2.31. The van der Waals surface area contributed by atoms with Gasteiger partial charge in [0.05, 0.1) is 11.3 Å². The molecule has 5 nitrogen and oxygen atoms in total. The molecule has 0 saturated carbocycles. The van der Waals surface area contributed by atoms with Gasteiger partial charge >= 0.3 is 0 Å². The van der Waals surface area contributed by atoms with Crippen LogP contribution in [0, 0.1) is 6.92 Å². The van der Waals surface area contributed by atoms with Crippen molar-refractivity contribution in [2.24, 2.45) is 12.0 Å². The zero-order valence-corrected chi connectivity index (χ0v) is 15.7. The molecule has 1 unspecified atom stereocenters. The molecule has 132 valence electrons. The lowest BCUT2D eigenvalue weighted by molar-refractivity contribution is 0.0431. The molecular weight excluding hydrogens is 336 g/mol. The van der Waals surface area contributed by atoms with E-state index < -0.39 is 5.60 Å². The van der Waals surface area contributed by atoms with Gasteiger partial charge in [-0.25, -0.2) is 0 Å². The molecule has 1 atom stereocenters. The van der Waals surface area contributed by atoms with Gasteiger partial charge in [-0.05, 0) is 44.5 Å². The Labute approximate surface area is 153 Å². The molecule has 0 spiro atoms. The number of hydrogen-bond donors (Lipinski definition) is 1. The topological polar surface area (TPSA) is 53.7 Å². The fourth-order valence-corrected chi connectivity index (χ4v) is 3.22. The Bertz CT molecular complexity index is 815. The summed E-state index contributed by atoms with van der Waals surface area (Å²) in [7, 11) is 1.90. The Morgan fingerprint density at radius 3 is 2.48 bits per heavy atom. The molecule has 0 amide bonds. The van der Waals surface area contributed by atoms with Crippen LogP contribution in [0.15, 0.2) is 41.5 Å². The molecule has 0 saturated heterocycles. The summed E-state index contributed by atoms with van der Waals surface area (Å²) in [6.07, 6.45) is 5.55. The first kappa shape index (κ1) is 17.7. The Kier molecular flexibility index (Phi) is 4.71. The van der Waals surface area contributed by atoms with Crippen LogP contribution < -0.4 is 0 Å². The van der Waals surface area contributed by atoms with E-state index in [1.807, 2.05) is 56.7 Å². The third-order valence-electron chi connectivity index (χ3n) is 4.09. The van der Waals surface area contributed by atoms with Crippen LogP contribution in [0.3, 0.4) is 0 Å². The van der Waals surface area contributed by atoms with Crippen LogP contribution in [0.2, 0.25) is 5.02 Å². The van der Waals surface area contributed by atoms with E-state index in [0.29, 0.717) is 11.6 Å². The predicted octanol–water partition coefficient (Wildman–Crippen LogP) is 3.58. The van der Waals surface area contributed by atoms with Crippen molar-refractivity contribution in [3.05, 3.63) is 58.4 Å². The lowest BCUT2D eigenvalue weighted by atomic mass is 10.0. The number of aryl methyl sites for hydroxylation is 2. The second-order valence-electron chi connectivity index (χ2n) is 7.01. The lowest BCUT2D eigenvalue weighted by Gasteiger charge is -2.38. The predicted molar refractivity (Wildman–Crippen MR) is 102 cm³/mol. The molecular formula is C19H23ClN4O. The van der Waals surface area contributed by atoms with Gasteiger partial charge in [0.1, 0.15) is 0 Å². The smallest absolute Gasteiger partial charge is 0.150 e. The minimum absolute atomic E-state index is 0.226. The maximum Gasteiger partial charge on any atom is 0.150 e. The van der Waals surface area contributed by atoms with Crippen molar-refractivity contribution in [2.45, 2.75) is 32.5 Å². The molecule has 25 heavy (non-hydrogen) atoms. The van der Waals surface area contributed by atoms with Crippen LogP contribution in [0.1, 0.15) is 36.8 Å². The van der Waals surface area contributed by atoms with Crippen LogP contribution in [0.4, 0.5) is 0 Å². The second-order valence-corrected chi connectivity index (χ2v) is 7.45. The lowest BCUT2D eigenvalue weighted by Crippen LogP contribution is -2.40. The average Bonchev–Trinajstić information content (AvgIpc) is 2.85. The number of rotatable bonds is 4. The molecule has 1 aromatic carbocycles. The molecule has 2 heterocycles. The van der Waals surface area contributed by atoms with Gasteiger partial charge in [0.2, 0.25) is 0 Å². The summed E-state index contributed by atoms with van der Waals surface area (Å²) in [5.41, 5.74) is 3.13. The van der Waals surface area contributed by atoms with Crippen LogP contribution in [0.25, 0.3) is 5.70 Å². The molecule has 0 radical (unpaired) electrons. The van der Waals surface area contributed by atoms with E-state index in [1.54, 1.807) is 18.5 Å². The maximum absolute atomic E-state index is 10.5. The monoisotopic (exact) mass is 358 g/mol. The van der Waals surface area contributed by atoms with Gasteiger partial charge in [-0.3, -0.25) is 9.67 Å². The number of nitrogens with zero attached hydrogens (tertiary/aromatic N) is 4. The van der Waals surface area contributed by atoms with E-state index in [0.717, 1.165) is 22.5 Å². The SMILES string of the molecule is Cc1nn(C)cc1C1N=CC=C(c2ccc(Cl)cc2)N1CC(C)(C)O. The molecule has 1 N–H and O–H groups in total. The molecule has 6 heteroatoms. The number of benzene rings is 1. The summed E-state index contributed by atoms with van der Waals surface area (Å²) in [6, 6.07) is 7.71. The van der Waals surface area contributed by atoms with Crippen molar-refractivity contribution < 1.29 is 5.11 Å². The third-order valence-corrected chi connectivity index (χ3v) is 4.34. The highest BCUT2D eigenvalue weighted by Crippen LogP contribution is 2.35. The largest absolute Gasteiger partial charge is 0.389 e. The van der Waals surface area contributed by atoms with Gasteiger partial charge in [0, 0.05) is 42.3 Å². The normalized spacial score (nSPS) is 17.8. The van der Waals surface area contributed by atoms with E-state index in [2.05, 4.69) is 15.0 Å². The second kappa shape index (κ2) is 6.65. The molecule has 0 bridgehead atoms. The number of aliphatic hydroxyl groups is 1. The van der Waals surface area contributed by atoms with Crippen molar-refractivity contribution in [3.8, 4) is 0 Å². The Balaban J connectivity index is 2.04. The highest BCUT2D eigenvalue weighted by atomic mass is 35.5. The minimum Gasteiger partial charge on any atom is -0.389 e. The Morgan fingerprint density at radius 2 is 1.92 bits per heavy atom. The summed E-state index contributed by atoms with van der Waals surface area (Å²) in [5, 5.41) is 15.6. The van der Waals surface area contributed by atoms with Crippen LogP contribution in [0.5, 0.6) is 0 Å². The van der Waals surface area contributed by atoms with Gasteiger partial charge in [-0.2, -0.15) is 5.10 Å². The van der Waals surface area contributed by atoms with Crippen LogP contribution in [-0.2, 0) is 7.05 Å². The van der Waals surface area contributed by atoms with Gasteiger partial charge in [0.15, 0.2) is 6.17 Å². The minimum atomic E-state index is -0.868. The Hall–Kier alpha value is -2.11. The zero-order valence-electron chi connectivity index (χ0n) is 14.9. The van der Waals surface area contributed by atoms with Gasteiger partial charge in [0.25, 0.3) is 0 Å². The maximum atomic E-state index is 10.5. The molecule has 1 aromatic heterocycles. The number of halogens is 1. The van der Waals surface area contributed by atoms with Crippen molar-refractivity contribution >= 4 is 23.5 Å². The first-order valence-electron chi connectivity index (χ1n) is 8.23. The van der Waals surface area contributed by atoms with Crippen LogP contribution in [-0.4, -0.2) is 38.1 Å². The fourth-order valence-electron chi connectivity index (χ4n) is 3.09. The van der Waals surface area contributed by atoms with Crippen molar-refractivity contribution in [3.63, 3.8) is 0 Å². The summed E-state index contributed by atoms with van der Waals surface area (Å²) < 4.78 is 1.79. The number of allylic oxidation sites excluding steroid dienone is 1. The molecule has 0 aliphatic carbocycles. The summed E-state index contributed by atoms with van der Waals surface area (Å²) in [4.78, 5) is 6.79. The van der Waals surface area contributed by atoms with Gasteiger partial charge in [-0.15, -0.1) is 0 Å². The van der Waals surface area contributed by atoms with Crippen molar-refractivity contribution in [2.75, 3.05) is 6.54 Å². The standard InChI is InChI=1S/C19H23ClN4O/c1-13-16(11-23(4)22-13)18-21-10-9-17(24(18)12-19(2,3)25)14-5-7-15(20)8-6-14/h5-11,18,25H,12H2,1-4H3. The number of β-amino-alcohol motifs (C(OH)–C–C–N with tert-alkyl or cyclic N) is 1. The fraction of sp³-hybridized carbons (Fsp3) is 0.368. The third kappa shape index (κ3) is 3.94. The quantitative estimate of drug-likeness (QED) is 0.908. The Morgan fingerprint density at radius 1 is 1.24 bits per heavy atom. The zero-order chi connectivity index (χ0) is 18.2. The molecule has 3 rings (SSSR count). The molecule has 1 aliphatic rings. The average molecular weight is 359 g/mol. The summed E-state index contributed by atoms with van der Waals surface area (Å²) in [5.74, 6) is 0. The highest BCUT2D eigenvalue weighted by molar-refractivity contribution is 6.30. The number of aromatic nitrogens is 2. The molecule has 1 aliphatic heterocycles. The van der Waals surface area contributed by atoms with Gasteiger partial charge < -0.3 is 10.0 Å². The van der Waals surface area contributed by atoms with E-state index in [4.69, 9.17) is 11.6 Å². The molecule has 0 fully saturated rings. The number of aliphatic imine (C=N–C) groups is 1. The summed E-state index contributed by atoms with van der Waals surface area (Å²) >= 11 is 6.03. The van der Waals surface area contributed by atoms with Crippen molar-refractivity contribution in [1.29, 1.82) is 0 Å².